The topological polar surface area (TPSA) is 83.5 Å². The van der Waals surface area contributed by atoms with E-state index in [1.807, 2.05) is 66.7 Å². The Bertz CT molecular complexity index is 1700. The highest BCUT2D eigenvalue weighted by Crippen LogP contribution is 2.56. The summed E-state index contributed by atoms with van der Waals surface area (Å²) in [6.07, 6.45) is 4.29. The van der Waals surface area contributed by atoms with Crippen LogP contribution in [0.5, 0.6) is 17.2 Å². The SMILES string of the molecule is CCc1cccc2c1Sc1cc(OC)ccc1C=C2OP(=O)(O)OC1=Cc2ccc(OC)cc2Sc2c(OC)cccc21. The van der Waals surface area contributed by atoms with Crippen LogP contribution in [0.2, 0.25) is 0 Å². The maximum Gasteiger partial charge on any atom is 0.584 e. The predicted molar refractivity (Wildman–Crippen MR) is 171 cm³/mol. The summed E-state index contributed by atoms with van der Waals surface area (Å²) in [5.41, 5.74) is 4.04. The average Bonchev–Trinajstić information content (AvgIpc) is 3.26. The summed E-state index contributed by atoms with van der Waals surface area (Å²) in [7, 11) is 0.0973. The Balaban J connectivity index is 1.43. The molecule has 1 atom stereocenters. The zero-order valence-corrected chi connectivity index (χ0v) is 26.5. The number of hydrogen-bond acceptors (Lipinski definition) is 8. The average molecular weight is 633 g/mol. The van der Waals surface area contributed by atoms with E-state index in [0.717, 1.165) is 48.4 Å². The van der Waals surface area contributed by atoms with E-state index >= 15 is 0 Å². The minimum atomic E-state index is -4.73. The minimum Gasteiger partial charge on any atom is -0.497 e. The largest absolute Gasteiger partial charge is 0.584 e. The van der Waals surface area contributed by atoms with Crippen LogP contribution in [0.25, 0.3) is 23.7 Å². The molecule has 2 heterocycles. The molecule has 0 radical (unpaired) electrons. The molecule has 0 saturated carbocycles. The first-order chi connectivity index (χ1) is 20.8. The van der Waals surface area contributed by atoms with Gasteiger partial charge in [-0.05, 0) is 71.7 Å². The van der Waals surface area contributed by atoms with Gasteiger partial charge in [0, 0.05) is 25.8 Å². The number of ether oxygens (including phenoxy) is 3. The fourth-order valence-electron chi connectivity index (χ4n) is 4.93. The van der Waals surface area contributed by atoms with Crippen molar-refractivity contribution in [2.45, 2.75) is 32.9 Å². The molecule has 0 fully saturated rings. The Morgan fingerprint density at radius 2 is 1.23 bits per heavy atom. The first-order valence-electron chi connectivity index (χ1n) is 13.5. The number of benzene rings is 4. The van der Waals surface area contributed by atoms with Crippen LogP contribution in [0.15, 0.2) is 92.4 Å². The molecule has 2 aliphatic heterocycles. The first-order valence-corrected chi connectivity index (χ1v) is 16.6. The monoisotopic (exact) mass is 632 g/mol. The van der Waals surface area contributed by atoms with E-state index in [9.17, 15) is 9.46 Å². The molecule has 0 amide bonds. The van der Waals surface area contributed by atoms with Gasteiger partial charge in [0.1, 0.15) is 28.8 Å². The van der Waals surface area contributed by atoms with Crippen LogP contribution < -0.4 is 14.2 Å². The Morgan fingerprint density at radius 3 is 1.77 bits per heavy atom. The lowest BCUT2D eigenvalue weighted by Gasteiger charge is -2.20. The fraction of sp³-hybridized carbons (Fsp3) is 0.152. The molecule has 1 unspecified atom stereocenters. The highest BCUT2D eigenvalue weighted by atomic mass is 32.2. The van der Waals surface area contributed by atoms with Crippen molar-refractivity contribution >= 4 is 55.0 Å². The molecule has 0 saturated heterocycles. The van der Waals surface area contributed by atoms with E-state index in [-0.39, 0.29) is 11.5 Å². The van der Waals surface area contributed by atoms with Crippen LogP contribution in [0.1, 0.15) is 34.7 Å². The molecular weight excluding hydrogens is 603 g/mol. The number of phosphoric acid groups is 1. The summed E-state index contributed by atoms with van der Waals surface area (Å²) in [6.45, 7) is 2.08. The summed E-state index contributed by atoms with van der Waals surface area (Å²) in [6, 6.07) is 22.7. The van der Waals surface area contributed by atoms with Gasteiger partial charge in [0.2, 0.25) is 0 Å². The van der Waals surface area contributed by atoms with Gasteiger partial charge in [0.25, 0.3) is 0 Å². The summed E-state index contributed by atoms with van der Waals surface area (Å²) in [4.78, 5) is 14.8. The molecule has 0 spiro atoms. The lowest BCUT2D eigenvalue weighted by Crippen LogP contribution is -1.99. The van der Waals surface area contributed by atoms with Crippen LogP contribution in [-0.2, 0) is 20.0 Å². The van der Waals surface area contributed by atoms with Crippen molar-refractivity contribution in [1.29, 1.82) is 0 Å². The lowest BCUT2D eigenvalue weighted by molar-refractivity contribution is 0.264. The zero-order chi connectivity index (χ0) is 30.1. The minimum absolute atomic E-state index is 0.187. The third kappa shape index (κ3) is 5.91. The van der Waals surface area contributed by atoms with E-state index in [0.29, 0.717) is 22.6 Å². The van der Waals surface area contributed by atoms with Gasteiger partial charge in [-0.3, -0.25) is 4.89 Å². The molecule has 0 bridgehead atoms. The van der Waals surface area contributed by atoms with Crippen molar-refractivity contribution < 1.29 is 32.7 Å². The number of aryl methyl sites for hydroxylation is 1. The number of rotatable bonds is 8. The molecule has 4 aromatic carbocycles. The Kier molecular flexibility index (Phi) is 8.25. The zero-order valence-electron chi connectivity index (χ0n) is 24.0. The van der Waals surface area contributed by atoms with Crippen LogP contribution in [0.4, 0.5) is 0 Å². The van der Waals surface area contributed by atoms with E-state index in [1.165, 1.54) is 11.8 Å². The second-order valence-electron chi connectivity index (χ2n) is 9.66. The van der Waals surface area contributed by atoms with Crippen molar-refractivity contribution in [3.63, 3.8) is 0 Å². The number of hydrogen-bond donors (Lipinski definition) is 1. The molecule has 6 rings (SSSR count). The molecule has 0 aromatic heterocycles. The quantitative estimate of drug-likeness (QED) is 0.191. The predicted octanol–water partition coefficient (Wildman–Crippen LogP) is 9.03. The van der Waals surface area contributed by atoms with Crippen LogP contribution >= 0.6 is 31.3 Å². The maximum absolute atomic E-state index is 13.9. The summed E-state index contributed by atoms with van der Waals surface area (Å²) in [5, 5.41) is 0. The Labute approximate surface area is 259 Å². The van der Waals surface area contributed by atoms with Crippen LogP contribution in [-0.4, -0.2) is 26.2 Å². The molecule has 2 aliphatic rings. The normalized spacial score (nSPS) is 14.6. The Hall–Kier alpha value is -3.75. The molecule has 0 aliphatic carbocycles. The molecular formula is C33H29O7PS2. The molecule has 43 heavy (non-hydrogen) atoms. The fourth-order valence-corrected chi connectivity index (χ4v) is 8.20. The van der Waals surface area contributed by atoms with Crippen molar-refractivity contribution in [3.8, 4) is 17.2 Å². The van der Waals surface area contributed by atoms with Gasteiger partial charge in [0.15, 0.2) is 0 Å². The third-order valence-corrected chi connectivity index (χ3v) is 10.4. The van der Waals surface area contributed by atoms with Gasteiger partial charge in [-0.15, -0.1) is 0 Å². The van der Waals surface area contributed by atoms with Crippen molar-refractivity contribution in [2.24, 2.45) is 0 Å². The highest BCUT2D eigenvalue weighted by molar-refractivity contribution is 7.99. The van der Waals surface area contributed by atoms with Gasteiger partial charge >= 0.3 is 7.82 Å². The standard InChI is InChI=1S/C33H29O7PS2/c1-5-20-8-6-9-25-28(16-21-12-14-23(36-2)18-30(21)42-32(20)25)39-41(34,35)40-29-17-22-13-15-24(37-3)19-31(22)43-33-26(29)10-7-11-27(33)38-4/h6-19H,5H2,1-4H3,(H,34,35). The van der Waals surface area contributed by atoms with Crippen molar-refractivity contribution in [3.05, 3.63) is 101 Å². The third-order valence-electron chi connectivity index (χ3n) is 7.07. The van der Waals surface area contributed by atoms with Crippen LogP contribution in [0, 0.1) is 0 Å². The maximum atomic E-state index is 13.9. The van der Waals surface area contributed by atoms with Crippen molar-refractivity contribution in [2.75, 3.05) is 21.3 Å². The number of methoxy groups -OCH3 is 3. The van der Waals surface area contributed by atoms with Crippen molar-refractivity contribution in [1.82, 2.24) is 0 Å². The highest BCUT2D eigenvalue weighted by Gasteiger charge is 2.33. The molecule has 7 nitrogen and oxygen atoms in total. The van der Waals surface area contributed by atoms with E-state index in [1.54, 1.807) is 45.2 Å². The second-order valence-corrected chi connectivity index (χ2v) is 13.1. The molecule has 220 valence electrons. The molecule has 10 heteroatoms. The van der Waals surface area contributed by atoms with Gasteiger partial charge in [-0.1, -0.05) is 66.8 Å². The molecule has 1 N–H and O–H groups in total. The van der Waals surface area contributed by atoms with Gasteiger partial charge in [-0.2, -0.15) is 0 Å². The first kappa shape index (κ1) is 29.3. The Morgan fingerprint density at radius 1 is 0.698 bits per heavy atom. The lowest BCUT2D eigenvalue weighted by atomic mass is 10.1. The van der Waals surface area contributed by atoms with Gasteiger partial charge in [0.05, 0.1) is 26.2 Å². The molecule has 4 aromatic rings. The smallest absolute Gasteiger partial charge is 0.497 e. The van der Waals surface area contributed by atoms with E-state index < -0.39 is 7.82 Å². The number of phosphoric ester groups is 1. The van der Waals surface area contributed by atoms with E-state index in [4.69, 9.17) is 23.3 Å². The summed E-state index contributed by atoms with van der Waals surface area (Å²) >= 11 is 3.05. The van der Waals surface area contributed by atoms with Gasteiger partial charge < -0.3 is 23.3 Å². The summed E-state index contributed by atoms with van der Waals surface area (Å²) in [5.74, 6) is 2.45. The van der Waals surface area contributed by atoms with Gasteiger partial charge in [-0.25, -0.2) is 4.57 Å². The number of fused-ring (bicyclic) bond motifs is 4. The second kappa shape index (κ2) is 12.1. The summed E-state index contributed by atoms with van der Waals surface area (Å²) < 4.78 is 42.3. The van der Waals surface area contributed by atoms with E-state index in [2.05, 4.69) is 13.0 Å². The van der Waals surface area contributed by atoms with Crippen LogP contribution in [0.3, 0.4) is 0 Å².